The van der Waals surface area contributed by atoms with Crippen LogP contribution in [0.1, 0.15) is 54.4 Å². The van der Waals surface area contributed by atoms with E-state index in [0.29, 0.717) is 17.6 Å². The largest absolute Gasteiger partial charge is 0.292 e. The molecule has 0 aromatic carbocycles. The highest BCUT2D eigenvalue weighted by Gasteiger charge is 2.62. The number of hydrogen-bond acceptors (Lipinski definition) is 2. The third kappa shape index (κ3) is 1.70. The van der Waals surface area contributed by atoms with Gasteiger partial charge < -0.3 is 0 Å². The average Bonchev–Trinajstić information content (AvgIpc) is 2.86. The Morgan fingerprint density at radius 1 is 1.19 bits per heavy atom. The van der Waals surface area contributed by atoms with E-state index >= 15 is 0 Å². The molecule has 1 aliphatic heterocycles. The van der Waals surface area contributed by atoms with Gasteiger partial charge in [-0.25, -0.2) is 0 Å². The van der Waals surface area contributed by atoms with Gasteiger partial charge in [-0.15, -0.1) is 0 Å². The zero-order valence-electron chi connectivity index (χ0n) is 11.8. The highest BCUT2D eigenvalue weighted by atomic mass is 15.4. The topological polar surface area (TPSA) is 6.48 Å². The van der Waals surface area contributed by atoms with Crippen LogP contribution in [0.4, 0.5) is 0 Å². The Morgan fingerprint density at radius 3 is 2.25 bits per heavy atom. The summed E-state index contributed by atoms with van der Waals surface area (Å²) in [5.41, 5.74) is 0.476. The molecule has 0 amide bonds. The summed E-state index contributed by atoms with van der Waals surface area (Å²) < 4.78 is 0. The van der Waals surface area contributed by atoms with E-state index in [9.17, 15) is 0 Å². The highest BCUT2D eigenvalue weighted by Crippen LogP contribution is 2.51. The number of nitrogens with zero attached hydrogens (tertiary/aromatic N) is 2. The van der Waals surface area contributed by atoms with Crippen LogP contribution in [-0.2, 0) is 0 Å². The molecule has 2 aliphatic rings. The molecule has 2 nitrogen and oxygen atoms in total. The minimum Gasteiger partial charge on any atom is -0.292 e. The summed E-state index contributed by atoms with van der Waals surface area (Å²) in [4.78, 5) is 5.52. The fourth-order valence-electron chi connectivity index (χ4n) is 3.77. The summed E-state index contributed by atoms with van der Waals surface area (Å²) in [6.07, 6.45) is 2.66. The van der Waals surface area contributed by atoms with E-state index in [1.807, 2.05) is 0 Å². The molecule has 1 saturated heterocycles. The molecule has 0 radical (unpaired) electrons. The molecular formula is C14H28N2. The lowest BCUT2D eigenvalue weighted by molar-refractivity contribution is -0.00318. The van der Waals surface area contributed by atoms with Crippen molar-refractivity contribution in [2.75, 3.05) is 6.54 Å². The van der Waals surface area contributed by atoms with Crippen molar-refractivity contribution in [2.24, 2.45) is 0 Å². The lowest BCUT2D eigenvalue weighted by Gasteiger charge is -2.48. The molecule has 1 aliphatic carbocycles. The first kappa shape index (κ1) is 12.4. The molecule has 0 bridgehead atoms. The van der Waals surface area contributed by atoms with Crippen molar-refractivity contribution in [3.05, 3.63) is 0 Å². The molecule has 2 fully saturated rings. The van der Waals surface area contributed by atoms with Gasteiger partial charge in [-0.1, -0.05) is 6.92 Å². The molecule has 94 valence electrons. The quantitative estimate of drug-likeness (QED) is 0.727. The van der Waals surface area contributed by atoms with Crippen LogP contribution >= 0.6 is 0 Å². The van der Waals surface area contributed by atoms with Gasteiger partial charge in [0.2, 0.25) is 0 Å². The molecule has 2 unspecified atom stereocenters. The Bertz CT molecular complexity index is 259. The highest BCUT2D eigenvalue weighted by molar-refractivity contribution is 5.19. The summed E-state index contributed by atoms with van der Waals surface area (Å²) in [6, 6.07) is 2.97. The lowest BCUT2D eigenvalue weighted by atomic mass is 10.0. The van der Waals surface area contributed by atoms with Gasteiger partial charge in [-0.3, -0.25) is 9.80 Å². The Balaban J connectivity index is 2.18. The van der Waals surface area contributed by atoms with Gasteiger partial charge in [0, 0.05) is 36.3 Å². The second kappa shape index (κ2) is 3.99. The number of piperazine rings is 1. The molecule has 3 atom stereocenters. The zero-order valence-corrected chi connectivity index (χ0v) is 11.8. The molecule has 0 aromatic heterocycles. The first-order chi connectivity index (χ1) is 7.41. The van der Waals surface area contributed by atoms with Crippen molar-refractivity contribution in [3.63, 3.8) is 0 Å². The van der Waals surface area contributed by atoms with E-state index in [0.717, 1.165) is 12.1 Å². The van der Waals surface area contributed by atoms with Crippen LogP contribution in [-0.4, -0.2) is 46.1 Å². The molecule has 0 spiro atoms. The number of fused-ring (bicyclic) bond motifs is 1. The Labute approximate surface area is 101 Å². The Hall–Kier alpha value is -0.0800. The standard InChI is InChI=1S/C14H28N2/c1-7-12-9-15(10(2)3)14(6)8-13(14)16(12)11(4)5/h10-13H,7-9H2,1-6H3/t12?,13?,14-/m0/s1. The van der Waals surface area contributed by atoms with Crippen LogP contribution in [0.25, 0.3) is 0 Å². The van der Waals surface area contributed by atoms with E-state index in [2.05, 4.69) is 51.3 Å². The number of rotatable bonds is 3. The van der Waals surface area contributed by atoms with Crippen LogP contribution in [0.3, 0.4) is 0 Å². The monoisotopic (exact) mass is 224 g/mol. The fraction of sp³-hybridized carbons (Fsp3) is 1.00. The van der Waals surface area contributed by atoms with Gasteiger partial charge in [-0.05, 0) is 47.5 Å². The molecule has 0 aromatic rings. The molecule has 16 heavy (non-hydrogen) atoms. The SMILES string of the molecule is CCC1CN(C(C)C)[C@@]2(C)CC2N1C(C)C. The minimum absolute atomic E-state index is 0.476. The summed E-state index contributed by atoms with van der Waals surface area (Å²) in [7, 11) is 0. The van der Waals surface area contributed by atoms with Crippen LogP contribution < -0.4 is 0 Å². The molecule has 2 rings (SSSR count). The molecule has 1 saturated carbocycles. The maximum absolute atomic E-state index is 2.78. The Kier molecular flexibility index (Phi) is 3.09. The lowest BCUT2D eigenvalue weighted by Crippen LogP contribution is -2.60. The van der Waals surface area contributed by atoms with Crippen molar-refractivity contribution < 1.29 is 0 Å². The second-order valence-electron chi connectivity index (χ2n) is 6.43. The van der Waals surface area contributed by atoms with Crippen molar-refractivity contribution in [1.29, 1.82) is 0 Å². The van der Waals surface area contributed by atoms with Gasteiger partial charge in [0.05, 0.1) is 0 Å². The normalized spacial score (nSPS) is 40.5. The maximum Gasteiger partial charge on any atom is 0.0356 e. The van der Waals surface area contributed by atoms with Gasteiger partial charge >= 0.3 is 0 Å². The van der Waals surface area contributed by atoms with Crippen LogP contribution in [0.2, 0.25) is 0 Å². The first-order valence-corrected chi connectivity index (χ1v) is 6.96. The van der Waals surface area contributed by atoms with Crippen molar-refractivity contribution >= 4 is 0 Å². The molecule has 1 heterocycles. The van der Waals surface area contributed by atoms with Crippen LogP contribution in [0.5, 0.6) is 0 Å². The molecule has 2 heteroatoms. The second-order valence-corrected chi connectivity index (χ2v) is 6.43. The van der Waals surface area contributed by atoms with Gasteiger partial charge in [0.1, 0.15) is 0 Å². The third-order valence-corrected chi connectivity index (χ3v) is 4.70. The predicted octanol–water partition coefficient (Wildman–Crippen LogP) is 2.73. The Morgan fingerprint density at radius 2 is 1.81 bits per heavy atom. The van der Waals surface area contributed by atoms with Crippen molar-refractivity contribution in [2.45, 2.75) is 84.1 Å². The van der Waals surface area contributed by atoms with E-state index < -0.39 is 0 Å². The summed E-state index contributed by atoms with van der Waals surface area (Å²) >= 11 is 0. The number of hydrogen-bond donors (Lipinski definition) is 0. The van der Waals surface area contributed by atoms with Crippen LogP contribution in [0, 0.1) is 0 Å². The van der Waals surface area contributed by atoms with Crippen LogP contribution in [0.15, 0.2) is 0 Å². The van der Waals surface area contributed by atoms with E-state index in [4.69, 9.17) is 0 Å². The molecule has 0 N–H and O–H groups in total. The summed E-state index contributed by atoms with van der Waals surface area (Å²) in [6.45, 7) is 15.5. The predicted molar refractivity (Wildman–Crippen MR) is 69.7 cm³/mol. The zero-order chi connectivity index (χ0) is 12.1. The molecular weight excluding hydrogens is 196 g/mol. The minimum atomic E-state index is 0.476. The first-order valence-electron chi connectivity index (χ1n) is 6.96. The van der Waals surface area contributed by atoms with Crippen molar-refractivity contribution in [1.82, 2.24) is 9.80 Å². The summed E-state index contributed by atoms with van der Waals surface area (Å²) in [5.74, 6) is 0. The van der Waals surface area contributed by atoms with Crippen molar-refractivity contribution in [3.8, 4) is 0 Å². The van der Waals surface area contributed by atoms with Gasteiger partial charge in [0.25, 0.3) is 0 Å². The summed E-state index contributed by atoms with van der Waals surface area (Å²) in [5, 5.41) is 0. The third-order valence-electron chi connectivity index (χ3n) is 4.70. The van der Waals surface area contributed by atoms with Gasteiger partial charge in [0.15, 0.2) is 0 Å². The fourth-order valence-corrected chi connectivity index (χ4v) is 3.77. The van der Waals surface area contributed by atoms with E-state index in [1.54, 1.807) is 0 Å². The average molecular weight is 224 g/mol. The smallest absolute Gasteiger partial charge is 0.0356 e. The van der Waals surface area contributed by atoms with E-state index in [-0.39, 0.29) is 0 Å². The van der Waals surface area contributed by atoms with E-state index in [1.165, 1.54) is 19.4 Å². The van der Waals surface area contributed by atoms with Gasteiger partial charge in [-0.2, -0.15) is 0 Å². The maximum atomic E-state index is 2.78.